The van der Waals surface area contributed by atoms with E-state index in [0.29, 0.717) is 0 Å². The van der Waals surface area contributed by atoms with Crippen molar-refractivity contribution in [1.82, 2.24) is 0 Å². The third-order valence-corrected chi connectivity index (χ3v) is 2.56. The molecule has 0 heterocycles. The van der Waals surface area contributed by atoms with Crippen LogP contribution in [0.15, 0.2) is 48.5 Å². The van der Waals surface area contributed by atoms with Gasteiger partial charge < -0.3 is 0 Å². The van der Waals surface area contributed by atoms with Crippen molar-refractivity contribution in [2.45, 2.75) is 13.2 Å². The summed E-state index contributed by atoms with van der Waals surface area (Å²) in [6, 6.07) is 15.0. The SMILES string of the molecule is Cc1ccc(C[B]c2ccc(F)cc2)cc1. The quantitative estimate of drug-likeness (QED) is 0.684. The summed E-state index contributed by atoms with van der Waals surface area (Å²) in [5.74, 6) is -0.188. The van der Waals surface area contributed by atoms with Crippen molar-refractivity contribution in [3.63, 3.8) is 0 Å². The molecule has 0 saturated carbocycles. The first-order valence-corrected chi connectivity index (χ1v) is 5.38. The lowest BCUT2D eigenvalue weighted by Gasteiger charge is -2.01. The molecule has 79 valence electrons. The third-order valence-electron chi connectivity index (χ3n) is 2.56. The van der Waals surface area contributed by atoms with Gasteiger partial charge in [-0.25, -0.2) is 4.39 Å². The van der Waals surface area contributed by atoms with Crippen LogP contribution in [0, 0.1) is 12.7 Å². The highest BCUT2D eigenvalue weighted by molar-refractivity contribution is 6.52. The van der Waals surface area contributed by atoms with Gasteiger partial charge in [0.15, 0.2) is 7.28 Å². The summed E-state index contributed by atoms with van der Waals surface area (Å²) in [5, 5.41) is 0. The van der Waals surface area contributed by atoms with Gasteiger partial charge in [-0.2, -0.15) is 0 Å². The Morgan fingerprint density at radius 3 is 2.19 bits per heavy atom. The van der Waals surface area contributed by atoms with E-state index in [2.05, 4.69) is 38.5 Å². The number of halogens is 1. The molecular weight excluding hydrogens is 198 g/mol. The van der Waals surface area contributed by atoms with Crippen LogP contribution in [0.3, 0.4) is 0 Å². The van der Waals surface area contributed by atoms with E-state index in [1.807, 2.05) is 0 Å². The maximum atomic E-state index is 12.7. The highest BCUT2D eigenvalue weighted by Crippen LogP contribution is 2.03. The van der Waals surface area contributed by atoms with Gasteiger partial charge in [-0.05, 0) is 25.4 Å². The van der Waals surface area contributed by atoms with Gasteiger partial charge in [0.05, 0.1) is 0 Å². The minimum Gasteiger partial charge on any atom is -0.207 e. The van der Waals surface area contributed by atoms with Crippen LogP contribution in [-0.4, -0.2) is 7.28 Å². The van der Waals surface area contributed by atoms with Crippen molar-refractivity contribution in [1.29, 1.82) is 0 Å². The Kier molecular flexibility index (Phi) is 3.40. The Morgan fingerprint density at radius 2 is 1.56 bits per heavy atom. The third kappa shape index (κ3) is 2.96. The molecule has 0 unspecified atom stereocenters. The molecule has 1 radical (unpaired) electrons. The van der Waals surface area contributed by atoms with Crippen molar-refractivity contribution in [3.05, 3.63) is 65.5 Å². The van der Waals surface area contributed by atoms with Crippen LogP contribution < -0.4 is 5.46 Å². The summed E-state index contributed by atoms with van der Waals surface area (Å²) in [4.78, 5) is 0. The summed E-state index contributed by atoms with van der Waals surface area (Å²) in [7, 11) is 2.10. The van der Waals surface area contributed by atoms with Crippen molar-refractivity contribution in [3.8, 4) is 0 Å². The normalized spacial score (nSPS) is 10.1. The molecule has 2 aromatic carbocycles. The molecule has 0 N–H and O–H groups in total. The number of rotatable bonds is 3. The minimum absolute atomic E-state index is 0.188. The summed E-state index contributed by atoms with van der Waals surface area (Å²) in [6.45, 7) is 2.08. The summed E-state index contributed by atoms with van der Waals surface area (Å²) in [6.07, 6.45) is 0.881. The molecule has 0 aromatic heterocycles. The zero-order valence-corrected chi connectivity index (χ0v) is 9.28. The topological polar surface area (TPSA) is 0 Å². The minimum atomic E-state index is -0.188. The molecular formula is C14H13BF. The second-order valence-corrected chi connectivity index (χ2v) is 3.95. The molecule has 16 heavy (non-hydrogen) atoms. The fourth-order valence-electron chi connectivity index (χ4n) is 1.56. The molecule has 0 fully saturated rings. The second kappa shape index (κ2) is 4.97. The summed E-state index contributed by atoms with van der Waals surface area (Å²) < 4.78 is 12.7. The lowest BCUT2D eigenvalue weighted by atomic mass is 9.65. The van der Waals surface area contributed by atoms with Gasteiger partial charge in [0.1, 0.15) is 5.82 Å². The van der Waals surface area contributed by atoms with Crippen LogP contribution in [0.1, 0.15) is 11.1 Å². The standard InChI is InChI=1S/C14H13BF/c1-11-2-4-12(5-3-11)10-15-13-6-8-14(16)9-7-13/h2-9H,10H2,1H3. The van der Waals surface area contributed by atoms with Crippen LogP contribution >= 0.6 is 0 Å². The van der Waals surface area contributed by atoms with Gasteiger partial charge >= 0.3 is 0 Å². The lowest BCUT2D eigenvalue weighted by molar-refractivity contribution is 0.628. The van der Waals surface area contributed by atoms with E-state index in [9.17, 15) is 4.39 Å². The molecule has 2 aromatic rings. The second-order valence-electron chi connectivity index (χ2n) is 3.95. The molecule has 0 bridgehead atoms. The van der Waals surface area contributed by atoms with Gasteiger partial charge in [-0.3, -0.25) is 0 Å². The van der Waals surface area contributed by atoms with Crippen LogP contribution in [0.5, 0.6) is 0 Å². The van der Waals surface area contributed by atoms with Gasteiger partial charge in [0.25, 0.3) is 0 Å². The van der Waals surface area contributed by atoms with Crippen LogP contribution in [0.2, 0.25) is 0 Å². The number of aryl methyl sites for hydroxylation is 1. The first kappa shape index (κ1) is 10.9. The maximum absolute atomic E-state index is 12.7. The average molecular weight is 211 g/mol. The van der Waals surface area contributed by atoms with Crippen molar-refractivity contribution in [2.24, 2.45) is 0 Å². The first-order valence-electron chi connectivity index (χ1n) is 5.38. The number of benzene rings is 2. The molecule has 0 aliphatic heterocycles. The lowest BCUT2D eigenvalue weighted by Crippen LogP contribution is -2.16. The fraction of sp³-hybridized carbons (Fsp3) is 0.143. The van der Waals surface area contributed by atoms with Crippen LogP contribution in [0.4, 0.5) is 4.39 Å². The highest BCUT2D eigenvalue weighted by Gasteiger charge is 1.98. The van der Waals surface area contributed by atoms with E-state index in [0.717, 1.165) is 11.8 Å². The Balaban J connectivity index is 1.97. The van der Waals surface area contributed by atoms with Gasteiger partial charge in [-0.15, -0.1) is 0 Å². The van der Waals surface area contributed by atoms with Crippen LogP contribution in [-0.2, 0) is 6.32 Å². The van der Waals surface area contributed by atoms with Gasteiger partial charge in [-0.1, -0.05) is 53.0 Å². The molecule has 0 saturated heterocycles. The van der Waals surface area contributed by atoms with Crippen molar-refractivity contribution >= 4 is 12.7 Å². The van der Waals surface area contributed by atoms with E-state index in [1.54, 1.807) is 12.1 Å². The molecule has 2 heteroatoms. The molecule has 0 atom stereocenters. The Labute approximate surface area is 96.4 Å². The Hall–Kier alpha value is -1.57. The van der Waals surface area contributed by atoms with Crippen molar-refractivity contribution < 1.29 is 4.39 Å². The molecule has 0 aliphatic rings. The monoisotopic (exact) mass is 211 g/mol. The average Bonchev–Trinajstić information content (AvgIpc) is 2.30. The van der Waals surface area contributed by atoms with Crippen molar-refractivity contribution in [2.75, 3.05) is 0 Å². The molecule has 2 rings (SSSR count). The van der Waals surface area contributed by atoms with Gasteiger partial charge in [0, 0.05) is 0 Å². The van der Waals surface area contributed by atoms with E-state index in [-0.39, 0.29) is 5.82 Å². The molecule has 0 spiro atoms. The molecule has 0 aliphatic carbocycles. The van der Waals surface area contributed by atoms with E-state index >= 15 is 0 Å². The predicted octanol–water partition coefficient (Wildman–Crippen LogP) is 2.66. The Morgan fingerprint density at radius 1 is 0.938 bits per heavy atom. The number of hydrogen-bond acceptors (Lipinski definition) is 0. The highest BCUT2D eigenvalue weighted by atomic mass is 19.1. The summed E-state index contributed by atoms with van der Waals surface area (Å²) >= 11 is 0. The molecule has 0 amide bonds. The van der Waals surface area contributed by atoms with Crippen LogP contribution in [0.25, 0.3) is 0 Å². The van der Waals surface area contributed by atoms with E-state index < -0.39 is 0 Å². The molecule has 0 nitrogen and oxygen atoms in total. The fourth-order valence-corrected chi connectivity index (χ4v) is 1.56. The number of hydrogen-bond donors (Lipinski definition) is 0. The largest absolute Gasteiger partial charge is 0.207 e. The smallest absolute Gasteiger partial charge is 0.156 e. The summed E-state index contributed by atoms with van der Waals surface area (Å²) in [5.41, 5.74) is 3.60. The Bertz CT molecular complexity index is 400. The first-order chi connectivity index (χ1) is 7.74. The predicted molar refractivity (Wildman–Crippen MR) is 66.7 cm³/mol. The zero-order chi connectivity index (χ0) is 11.4. The van der Waals surface area contributed by atoms with Gasteiger partial charge in [0.2, 0.25) is 0 Å². The zero-order valence-electron chi connectivity index (χ0n) is 9.28. The maximum Gasteiger partial charge on any atom is 0.156 e. The van der Waals surface area contributed by atoms with E-state index in [4.69, 9.17) is 0 Å². The van der Waals surface area contributed by atoms with E-state index in [1.165, 1.54) is 23.3 Å².